The van der Waals surface area contributed by atoms with Gasteiger partial charge in [-0.05, 0) is 52.0 Å². The number of hydrogen-bond acceptors (Lipinski definition) is 2. The van der Waals surface area contributed by atoms with E-state index in [9.17, 15) is 4.79 Å². The van der Waals surface area contributed by atoms with Gasteiger partial charge in [0.05, 0.1) is 5.54 Å². The van der Waals surface area contributed by atoms with Gasteiger partial charge in [-0.1, -0.05) is 40.5 Å². The SMILES string of the molecule is CCCC(CC)CNC(C)(CC(C)C)C(=O)NC(C)C. The van der Waals surface area contributed by atoms with Gasteiger partial charge in [-0.2, -0.15) is 0 Å². The van der Waals surface area contributed by atoms with Crippen LogP contribution in [0.2, 0.25) is 0 Å². The van der Waals surface area contributed by atoms with Crippen LogP contribution in [-0.2, 0) is 4.79 Å². The highest BCUT2D eigenvalue weighted by Gasteiger charge is 2.34. The van der Waals surface area contributed by atoms with Gasteiger partial charge >= 0.3 is 0 Å². The molecule has 0 saturated carbocycles. The standard InChI is InChI=1S/C17H36N2O/c1-8-10-15(9-2)12-18-17(7,11-13(3)4)16(20)19-14(5)6/h13-15,18H,8-12H2,1-7H3,(H,19,20). The molecule has 0 spiro atoms. The van der Waals surface area contributed by atoms with Crippen LogP contribution in [0.4, 0.5) is 0 Å². The van der Waals surface area contributed by atoms with Gasteiger partial charge in [-0.15, -0.1) is 0 Å². The fourth-order valence-electron chi connectivity index (χ4n) is 2.71. The summed E-state index contributed by atoms with van der Waals surface area (Å²) in [5, 5.41) is 6.62. The van der Waals surface area contributed by atoms with E-state index in [2.05, 4.69) is 38.3 Å². The second kappa shape index (κ2) is 9.38. The molecule has 0 aliphatic rings. The Morgan fingerprint density at radius 2 is 1.75 bits per heavy atom. The summed E-state index contributed by atoms with van der Waals surface area (Å²) < 4.78 is 0. The molecule has 3 nitrogen and oxygen atoms in total. The van der Waals surface area contributed by atoms with Crippen LogP contribution in [0.15, 0.2) is 0 Å². The van der Waals surface area contributed by atoms with Crippen LogP contribution in [0.25, 0.3) is 0 Å². The first-order valence-corrected chi connectivity index (χ1v) is 8.31. The molecule has 0 aromatic rings. The summed E-state index contributed by atoms with van der Waals surface area (Å²) in [5.74, 6) is 1.29. The topological polar surface area (TPSA) is 41.1 Å². The van der Waals surface area contributed by atoms with Crippen molar-refractivity contribution in [2.75, 3.05) is 6.54 Å². The zero-order valence-electron chi connectivity index (χ0n) is 14.7. The molecule has 3 heteroatoms. The third-order valence-corrected chi connectivity index (χ3v) is 3.79. The average Bonchev–Trinajstić information content (AvgIpc) is 2.32. The van der Waals surface area contributed by atoms with Gasteiger partial charge in [0.15, 0.2) is 0 Å². The first kappa shape index (κ1) is 19.4. The lowest BCUT2D eigenvalue weighted by atomic mass is 9.88. The lowest BCUT2D eigenvalue weighted by Gasteiger charge is -2.33. The number of rotatable bonds is 10. The summed E-state index contributed by atoms with van der Waals surface area (Å²) in [6, 6.07) is 0.188. The smallest absolute Gasteiger partial charge is 0.240 e. The number of nitrogens with one attached hydrogen (secondary N) is 2. The Hall–Kier alpha value is -0.570. The Labute approximate surface area is 126 Å². The largest absolute Gasteiger partial charge is 0.352 e. The van der Waals surface area contributed by atoms with Crippen molar-refractivity contribution in [2.24, 2.45) is 11.8 Å². The Balaban J connectivity index is 4.72. The van der Waals surface area contributed by atoms with E-state index in [1.54, 1.807) is 0 Å². The van der Waals surface area contributed by atoms with Crippen molar-refractivity contribution in [3.63, 3.8) is 0 Å². The summed E-state index contributed by atoms with van der Waals surface area (Å²) in [5.41, 5.74) is -0.459. The molecule has 0 rings (SSSR count). The van der Waals surface area contributed by atoms with E-state index in [-0.39, 0.29) is 11.9 Å². The number of carbonyl (C=O) groups is 1. The molecule has 2 N–H and O–H groups in total. The van der Waals surface area contributed by atoms with Crippen LogP contribution in [0.3, 0.4) is 0 Å². The lowest BCUT2D eigenvalue weighted by Crippen LogP contribution is -2.57. The molecular weight excluding hydrogens is 248 g/mol. The van der Waals surface area contributed by atoms with Gasteiger partial charge in [0.2, 0.25) is 5.91 Å². The summed E-state index contributed by atoms with van der Waals surface area (Å²) in [6.07, 6.45) is 4.48. The maximum atomic E-state index is 12.5. The zero-order chi connectivity index (χ0) is 15.8. The predicted molar refractivity (Wildman–Crippen MR) is 87.8 cm³/mol. The molecule has 0 aromatic heterocycles. The van der Waals surface area contributed by atoms with E-state index >= 15 is 0 Å². The van der Waals surface area contributed by atoms with Crippen LogP contribution in [-0.4, -0.2) is 24.0 Å². The van der Waals surface area contributed by atoms with E-state index in [0.717, 1.165) is 13.0 Å². The van der Waals surface area contributed by atoms with E-state index in [4.69, 9.17) is 0 Å². The second-order valence-corrected chi connectivity index (χ2v) is 7.00. The third kappa shape index (κ3) is 7.28. The van der Waals surface area contributed by atoms with Gasteiger partial charge in [0.25, 0.3) is 0 Å². The maximum absolute atomic E-state index is 12.5. The van der Waals surface area contributed by atoms with Crippen molar-refractivity contribution in [3.8, 4) is 0 Å². The normalized spacial score (nSPS) is 16.2. The van der Waals surface area contributed by atoms with E-state index in [1.807, 2.05) is 20.8 Å². The van der Waals surface area contributed by atoms with Crippen LogP contribution >= 0.6 is 0 Å². The van der Waals surface area contributed by atoms with Gasteiger partial charge in [0, 0.05) is 6.04 Å². The third-order valence-electron chi connectivity index (χ3n) is 3.79. The summed E-state index contributed by atoms with van der Waals surface area (Å²) in [4.78, 5) is 12.5. The van der Waals surface area contributed by atoms with Crippen molar-refractivity contribution in [1.29, 1.82) is 0 Å². The Bertz CT molecular complexity index is 276. The minimum atomic E-state index is -0.459. The fourth-order valence-corrected chi connectivity index (χ4v) is 2.71. The first-order valence-electron chi connectivity index (χ1n) is 8.31. The molecule has 0 aromatic carbocycles. The number of carbonyl (C=O) groups excluding carboxylic acids is 1. The highest BCUT2D eigenvalue weighted by atomic mass is 16.2. The second-order valence-electron chi connectivity index (χ2n) is 7.00. The molecule has 0 saturated heterocycles. The lowest BCUT2D eigenvalue weighted by molar-refractivity contribution is -0.128. The van der Waals surface area contributed by atoms with Crippen LogP contribution in [0, 0.1) is 11.8 Å². The quantitative estimate of drug-likeness (QED) is 0.642. The van der Waals surface area contributed by atoms with Crippen LogP contribution in [0.1, 0.15) is 74.1 Å². The number of amides is 1. The first-order chi connectivity index (χ1) is 9.25. The van der Waals surface area contributed by atoms with Gasteiger partial charge in [0.1, 0.15) is 0 Å². The van der Waals surface area contributed by atoms with Gasteiger partial charge < -0.3 is 10.6 Å². The van der Waals surface area contributed by atoms with Gasteiger partial charge in [-0.25, -0.2) is 0 Å². The van der Waals surface area contributed by atoms with Gasteiger partial charge in [-0.3, -0.25) is 4.79 Å². The zero-order valence-corrected chi connectivity index (χ0v) is 14.7. The van der Waals surface area contributed by atoms with Crippen molar-refractivity contribution in [3.05, 3.63) is 0 Å². The maximum Gasteiger partial charge on any atom is 0.240 e. The van der Waals surface area contributed by atoms with Crippen molar-refractivity contribution < 1.29 is 4.79 Å². The Morgan fingerprint density at radius 3 is 2.15 bits per heavy atom. The Kier molecular flexibility index (Phi) is 9.11. The molecule has 0 bridgehead atoms. The van der Waals surface area contributed by atoms with E-state index in [0.29, 0.717) is 11.8 Å². The van der Waals surface area contributed by atoms with Crippen molar-refractivity contribution in [2.45, 2.75) is 85.7 Å². The summed E-state index contributed by atoms with van der Waals surface area (Å²) >= 11 is 0. The van der Waals surface area contributed by atoms with E-state index in [1.165, 1.54) is 19.3 Å². The summed E-state index contributed by atoms with van der Waals surface area (Å²) in [7, 11) is 0. The average molecular weight is 284 g/mol. The molecule has 2 atom stereocenters. The Morgan fingerprint density at radius 1 is 1.15 bits per heavy atom. The highest BCUT2D eigenvalue weighted by molar-refractivity contribution is 5.86. The highest BCUT2D eigenvalue weighted by Crippen LogP contribution is 2.19. The molecule has 20 heavy (non-hydrogen) atoms. The fraction of sp³-hybridized carbons (Fsp3) is 0.941. The number of hydrogen-bond donors (Lipinski definition) is 2. The molecule has 0 heterocycles. The molecule has 0 aliphatic carbocycles. The minimum absolute atomic E-state index is 0.132. The summed E-state index contributed by atoms with van der Waals surface area (Å²) in [6.45, 7) is 15.8. The van der Waals surface area contributed by atoms with Crippen LogP contribution in [0.5, 0.6) is 0 Å². The van der Waals surface area contributed by atoms with Crippen molar-refractivity contribution >= 4 is 5.91 Å². The molecule has 120 valence electrons. The molecular formula is C17H36N2O. The molecule has 0 aliphatic heterocycles. The van der Waals surface area contributed by atoms with E-state index < -0.39 is 5.54 Å². The minimum Gasteiger partial charge on any atom is -0.352 e. The molecule has 2 unspecified atom stereocenters. The van der Waals surface area contributed by atoms with Crippen LogP contribution < -0.4 is 10.6 Å². The van der Waals surface area contributed by atoms with Crippen molar-refractivity contribution in [1.82, 2.24) is 10.6 Å². The molecule has 0 radical (unpaired) electrons. The molecule has 1 amide bonds. The molecule has 0 fully saturated rings. The monoisotopic (exact) mass is 284 g/mol. The predicted octanol–water partition coefficient (Wildman–Crippen LogP) is 3.73.